The summed E-state index contributed by atoms with van der Waals surface area (Å²) in [6.07, 6.45) is 0. The van der Waals surface area contributed by atoms with Crippen LogP contribution in [0.3, 0.4) is 0 Å². The van der Waals surface area contributed by atoms with Crippen LogP contribution in [0, 0.1) is 5.82 Å². The van der Waals surface area contributed by atoms with Gasteiger partial charge in [0.25, 0.3) is 0 Å². The van der Waals surface area contributed by atoms with E-state index in [0.29, 0.717) is 0 Å². The van der Waals surface area contributed by atoms with E-state index < -0.39 is 44.4 Å². The Labute approximate surface area is 173 Å². The molecule has 0 saturated heterocycles. The van der Waals surface area contributed by atoms with Gasteiger partial charge in [-0.05, 0) is 62.4 Å². The Morgan fingerprint density at radius 2 is 1.50 bits per heavy atom. The number of rotatable bonds is 8. The Balaban J connectivity index is 1.97. The van der Waals surface area contributed by atoms with E-state index in [1.807, 2.05) is 0 Å². The van der Waals surface area contributed by atoms with Gasteiger partial charge in [-0.3, -0.25) is 9.59 Å². The van der Waals surface area contributed by atoms with Crippen molar-refractivity contribution in [3.8, 4) is 0 Å². The first-order valence-electron chi connectivity index (χ1n) is 8.97. The molecule has 0 fully saturated rings. The van der Waals surface area contributed by atoms with E-state index in [2.05, 4.69) is 10.6 Å². The van der Waals surface area contributed by atoms with Gasteiger partial charge in [0, 0.05) is 11.4 Å². The van der Waals surface area contributed by atoms with Crippen LogP contribution in [0.25, 0.3) is 0 Å². The fraction of sp³-hybridized carbons (Fsp3) is 0.250. The highest BCUT2D eigenvalue weighted by Gasteiger charge is 2.30. The van der Waals surface area contributed by atoms with Crippen LogP contribution in [0.2, 0.25) is 0 Å². The SMILES string of the molecule is CCOC(=O)c1ccc(NC(=O)C(C)S(=O)(=O)CC(=O)Nc2ccc(F)cc2)cc1. The molecule has 0 aliphatic carbocycles. The number of halogens is 1. The fourth-order valence-electron chi connectivity index (χ4n) is 2.35. The van der Waals surface area contributed by atoms with Crippen LogP contribution in [0.5, 0.6) is 0 Å². The molecule has 2 rings (SSSR count). The van der Waals surface area contributed by atoms with Gasteiger partial charge in [-0.1, -0.05) is 0 Å². The number of carbonyl (C=O) groups is 3. The van der Waals surface area contributed by atoms with E-state index in [4.69, 9.17) is 4.74 Å². The highest BCUT2D eigenvalue weighted by molar-refractivity contribution is 7.93. The van der Waals surface area contributed by atoms with Crippen molar-refractivity contribution >= 4 is 39.0 Å². The number of hydrogen-bond donors (Lipinski definition) is 2. The number of hydrogen-bond acceptors (Lipinski definition) is 6. The summed E-state index contributed by atoms with van der Waals surface area (Å²) in [6, 6.07) is 10.5. The molecule has 0 heterocycles. The maximum absolute atomic E-state index is 12.9. The predicted molar refractivity (Wildman–Crippen MR) is 109 cm³/mol. The Morgan fingerprint density at radius 3 is 2.07 bits per heavy atom. The normalized spacial score (nSPS) is 12.0. The molecule has 0 aromatic heterocycles. The summed E-state index contributed by atoms with van der Waals surface area (Å²) in [4.78, 5) is 35.9. The van der Waals surface area contributed by atoms with Gasteiger partial charge in [-0.15, -0.1) is 0 Å². The van der Waals surface area contributed by atoms with Crippen molar-refractivity contribution in [3.05, 3.63) is 59.9 Å². The van der Waals surface area contributed by atoms with Gasteiger partial charge in [-0.2, -0.15) is 0 Å². The number of ether oxygens (including phenoxy) is 1. The van der Waals surface area contributed by atoms with Gasteiger partial charge >= 0.3 is 5.97 Å². The number of amides is 2. The van der Waals surface area contributed by atoms with E-state index >= 15 is 0 Å². The summed E-state index contributed by atoms with van der Waals surface area (Å²) < 4.78 is 42.5. The monoisotopic (exact) mass is 436 g/mol. The fourth-order valence-corrected chi connectivity index (χ4v) is 3.42. The zero-order valence-electron chi connectivity index (χ0n) is 16.3. The van der Waals surface area contributed by atoms with E-state index in [-0.39, 0.29) is 23.5 Å². The van der Waals surface area contributed by atoms with Gasteiger partial charge < -0.3 is 15.4 Å². The lowest BCUT2D eigenvalue weighted by molar-refractivity contribution is -0.115. The summed E-state index contributed by atoms with van der Waals surface area (Å²) in [5.41, 5.74) is 0.800. The number of esters is 1. The number of benzene rings is 2. The molecular formula is C20H21FN2O6S. The molecule has 1 unspecified atom stereocenters. The minimum absolute atomic E-state index is 0.224. The first-order valence-corrected chi connectivity index (χ1v) is 10.7. The first kappa shape index (κ1) is 23.0. The number of carbonyl (C=O) groups excluding carboxylic acids is 3. The Kier molecular flexibility index (Phi) is 7.65. The highest BCUT2D eigenvalue weighted by atomic mass is 32.2. The highest BCUT2D eigenvalue weighted by Crippen LogP contribution is 2.14. The van der Waals surface area contributed by atoms with Crippen molar-refractivity contribution in [2.45, 2.75) is 19.1 Å². The summed E-state index contributed by atoms with van der Waals surface area (Å²) >= 11 is 0. The standard InChI is InChI=1S/C20H21FN2O6S/c1-3-29-20(26)14-4-8-17(9-5-14)23-19(25)13(2)30(27,28)12-18(24)22-16-10-6-15(21)7-11-16/h4-11,13H,3,12H2,1-2H3,(H,22,24)(H,23,25). The number of anilines is 2. The van der Waals surface area contributed by atoms with Crippen molar-refractivity contribution in [2.24, 2.45) is 0 Å². The van der Waals surface area contributed by atoms with Gasteiger partial charge in [0.05, 0.1) is 12.2 Å². The molecule has 2 N–H and O–H groups in total. The minimum Gasteiger partial charge on any atom is -0.462 e. The number of sulfone groups is 1. The molecule has 30 heavy (non-hydrogen) atoms. The third kappa shape index (κ3) is 6.38. The van der Waals surface area contributed by atoms with E-state index in [1.54, 1.807) is 6.92 Å². The molecule has 10 heteroatoms. The van der Waals surface area contributed by atoms with Crippen LogP contribution in [-0.2, 0) is 24.2 Å². The number of nitrogens with one attached hydrogen (secondary N) is 2. The molecule has 2 aromatic carbocycles. The zero-order chi connectivity index (χ0) is 22.3. The minimum atomic E-state index is -4.11. The van der Waals surface area contributed by atoms with Crippen LogP contribution < -0.4 is 10.6 Å². The smallest absolute Gasteiger partial charge is 0.338 e. The molecular weight excluding hydrogens is 415 g/mol. The Bertz CT molecular complexity index is 1020. The Morgan fingerprint density at radius 1 is 0.967 bits per heavy atom. The lowest BCUT2D eigenvalue weighted by Crippen LogP contribution is -2.37. The second-order valence-electron chi connectivity index (χ2n) is 6.29. The van der Waals surface area contributed by atoms with Crippen molar-refractivity contribution in [1.29, 1.82) is 0 Å². The van der Waals surface area contributed by atoms with Gasteiger partial charge in [0.15, 0.2) is 9.84 Å². The van der Waals surface area contributed by atoms with Crippen molar-refractivity contribution in [2.75, 3.05) is 23.0 Å². The molecule has 1 atom stereocenters. The van der Waals surface area contributed by atoms with E-state index in [0.717, 1.165) is 12.1 Å². The Hall–Kier alpha value is -3.27. The average Bonchev–Trinajstić information content (AvgIpc) is 2.69. The molecule has 2 aromatic rings. The van der Waals surface area contributed by atoms with Crippen LogP contribution in [0.1, 0.15) is 24.2 Å². The van der Waals surface area contributed by atoms with Gasteiger partial charge in [0.2, 0.25) is 11.8 Å². The second kappa shape index (κ2) is 9.97. The molecule has 0 aliphatic heterocycles. The van der Waals surface area contributed by atoms with Gasteiger partial charge in [0.1, 0.15) is 16.8 Å². The lowest BCUT2D eigenvalue weighted by Gasteiger charge is -2.14. The topological polar surface area (TPSA) is 119 Å². The van der Waals surface area contributed by atoms with Gasteiger partial charge in [-0.25, -0.2) is 17.6 Å². The van der Waals surface area contributed by atoms with Crippen molar-refractivity contribution in [3.63, 3.8) is 0 Å². The van der Waals surface area contributed by atoms with E-state index in [9.17, 15) is 27.2 Å². The lowest BCUT2D eigenvalue weighted by atomic mass is 10.2. The van der Waals surface area contributed by atoms with Crippen LogP contribution >= 0.6 is 0 Å². The zero-order valence-corrected chi connectivity index (χ0v) is 17.2. The largest absolute Gasteiger partial charge is 0.462 e. The molecule has 2 amide bonds. The second-order valence-corrected chi connectivity index (χ2v) is 8.61. The predicted octanol–water partition coefficient (Wildman–Crippen LogP) is 2.38. The maximum atomic E-state index is 12.9. The molecule has 8 nitrogen and oxygen atoms in total. The molecule has 0 radical (unpaired) electrons. The van der Waals surface area contributed by atoms with Crippen LogP contribution in [-0.4, -0.2) is 43.8 Å². The molecule has 0 bridgehead atoms. The summed E-state index contributed by atoms with van der Waals surface area (Å²) in [5.74, 6) is -3.60. The summed E-state index contributed by atoms with van der Waals surface area (Å²) in [5, 5.41) is 3.27. The quantitative estimate of drug-likeness (QED) is 0.614. The molecule has 160 valence electrons. The molecule has 0 spiro atoms. The maximum Gasteiger partial charge on any atom is 0.338 e. The third-order valence-corrected chi connectivity index (χ3v) is 5.99. The van der Waals surface area contributed by atoms with Crippen molar-refractivity contribution < 1.29 is 31.9 Å². The van der Waals surface area contributed by atoms with Crippen LogP contribution in [0.15, 0.2) is 48.5 Å². The van der Waals surface area contributed by atoms with Crippen LogP contribution in [0.4, 0.5) is 15.8 Å². The molecule has 0 saturated carbocycles. The van der Waals surface area contributed by atoms with E-state index in [1.165, 1.54) is 43.3 Å². The first-order chi connectivity index (χ1) is 14.1. The summed E-state index contributed by atoms with van der Waals surface area (Å²) in [7, 11) is -4.11. The average molecular weight is 436 g/mol. The van der Waals surface area contributed by atoms with Crippen molar-refractivity contribution in [1.82, 2.24) is 0 Å². The third-order valence-electron chi connectivity index (χ3n) is 4.03. The summed E-state index contributed by atoms with van der Waals surface area (Å²) in [6.45, 7) is 3.07. The molecule has 0 aliphatic rings.